The first-order chi connectivity index (χ1) is 10.8. The Bertz CT molecular complexity index is 751. The van der Waals surface area contributed by atoms with Gasteiger partial charge >= 0.3 is 0 Å². The summed E-state index contributed by atoms with van der Waals surface area (Å²) in [7, 11) is 0. The summed E-state index contributed by atoms with van der Waals surface area (Å²) in [5, 5.41) is -0.268. The third kappa shape index (κ3) is 3.02. The van der Waals surface area contributed by atoms with Crippen LogP contribution in [-0.4, -0.2) is 11.1 Å². The molecular weight excluding hydrogens is 294 g/mol. The van der Waals surface area contributed by atoms with Gasteiger partial charge in [0, 0.05) is 0 Å². The molecule has 1 fully saturated rings. The quantitative estimate of drug-likeness (QED) is 0.784. The van der Waals surface area contributed by atoms with Crippen molar-refractivity contribution in [3.8, 4) is 0 Å². The van der Waals surface area contributed by atoms with Crippen molar-refractivity contribution >= 4 is 34.7 Å². The Labute approximate surface area is 132 Å². The van der Waals surface area contributed by atoms with Gasteiger partial charge in [-0.25, -0.2) is 4.90 Å². The number of nitrogens with zero attached hydrogens (tertiary/aromatic N) is 1. The van der Waals surface area contributed by atoms with Crippen molar-refractivity contribution in [2.75, 3.05) is 4.90 Å². The van der Waals surface area contributed by atoms with Gasteiger partial charge in [-0.2, -0.15) is 0 Å². The van der Waals surface area contributed by atoms with Crippen LogP contribution in [0.25, 0.3) is 6.08 Å². The van der Waals surface area contributed by atoms with E-state index in [2.05, 4.69) is 0 Å². The number of amides is 2. The van der Waals surface area contributed by atoms with Gasteiger partial charge in [-0.15, -0.1) is 0 Å². The van der Waals surface area contributed by atoms with E-state index in [4.69, 9.17) is 0 Å². The number of benzene rings is 2. The molecule has 2 aromatic carbocycles. The van der Waals surface area contributed by atoms with Crippen LogP contribution < -0.4 is 4.90 Å². The molecule has 2 aromatic rings. The first-order valence-corrected chi connectivity index (χ1v) is 7.62. The second kappa shape index (κ2) is 6.45. The highest BCUT2D eigenvalue weighted by atomic mass is 32.2. The van der Waals surface area contributed by atoms with Crippen LogP contribution in [0.3, 0.4) is 0 Å². The molecule has 1 heterocycles. The minimum atomic E-state index is -0.279. The van der Waals surface area contributed by atoms with E-state index in [-0.39, 0.29) is 11.1 Å². The highest BCUT2D eigenvalue weighted by Gasteiger charge is 2.35. The van der Waals surface area contributed by atoms with Crippen molar-refractivity contribution in [3.05, 3.63) is 83.3 Å². The fraction of sp³-hybridized carbons (Fsp3) is 0. The van der Waals surface area contributed by atoms with Crippen molar-refractivity contribution in [3.63, 3.8) is 0 Å². The summed E-state index contributed by atoms with van der Waals surface area (Å²) < 4.78 is 0. The van der Waals surface area contributed by atoms with Gasteiger partial charge in [0.2, 0.25) is 0 Å². The van der Waals surface area contributed by atoms with Crippen LogP contribution in [-0.2, 0) is 4.79 Å². The lowest BCUT2D eigenvalue weighted by Gasteiger charge is -2.11. The zero-order chi connectivity index (χ0) is 15.4. The molecule has 0 radical (unpaired) electrons. The number of imide groups is 1. The van der Waals surface area contributed by atoms with Crippen LogP contribution in [0.4, 0.5) is 10.5 Å². The normalized spacial score (nSPS) is 16.9. The molecule has 0 spiro atoms. The molecule has 1 saturated heterocycles. The van der Waals surface area contributed by atoms with Crippen molar-refractivity contribution < 1.29 is 9.59 Å². The largest absolute Gasteiger partial charge is 0.298 e. The maximum absolute atomic E-state index is 12.3. The van der Waals surface area contributed by atoms with E-state index in [9.17, 15) is 9.59 Å². The van der Waals surface area contributed by atoms with Gasteiger partial charge in [-0.05, 0) is 35.5 Å². The van der Waals surface area contributed by atoms with Crippen molar-refractivity contribution in [1.82, 2.24) is 0 Å². The molecule has 3 rings (SSSR count). The summed E-state index contributed by atoms with van der Waals surface area (Å²) in [5.74, 6) is -0.279. The number of anilines is 1. The van der Waals surface area contributed by atoms with Gasteiger partial charge in [-0.1, -0.05) is 60.7 Å². The van der Waals surface area contributed by atoms with Crippen molar-refractivity contribution in [2.45, 2.75) is 0 Å². The minimum Gasteiger partial charge on any atom is -0.268 e. The summed E-state index contributed by atoms with van der Waals surface area (Å²) in [6, 6.07) is 18.7. The van der Waals surface area contributed by atoms with Crippen molar-refractivity contribution in [1.29, 1.82) is 0 Å². The molecule has 2 amide bonds. The summed E-state index contributed by atoms with van der Waals surface area (Å²) in [6.07, 6.45) is 5.37. The highest BCUT2D eigenvalue weighted by molar-refractivity contribution is 8.18. The van der Waals surface area contributed by atoms with Gasteiger partial charge < -0.3 is 0 Å². The van der Waals surface area contributed by atoms with Crippen LogP contribution >= 0.6 is 11.8 Å². The second-order valence-corrected chi connectivity index (χ2v) is 5.64. The van der Waals surface area contributed by atoms with Gasteiger partial charge in [0.25, 0.3) is 11.1 Å². The fourth-order valence-corrected chi connectivity index (χ4v) is 2.89. The molecule has 0 atom stereocenters. The number of thioether (sulfide) groups is 1. The lowest BCUT2D eigenvalue weighted by molar-refractivity contribution is -0.113. The Morgan fingerprint density at radius 2 is 1.50 bits per heavy atom. The predicted molar refractivity (Wildman–Crippen MR) is 90.5 cm³/mol. The Morgan fingerprint density at radius 3 is 2.18 bits per heavy atom. The average Bonchev–Trinajstić information content (AvgIpc) is 2.83. The molecule has 0 bridgehead atoms. The number of rotatable bonds is 3. The maximum Gasteiger partial charge on any atom is 0.298 e. The zero-order valence-electron chi connectivity index (χ0n) is 11.7. The first kappa shape index (κ1) is 14.4. The van der Waals surface area contributed by atoms with Crippen LogP contribution in [0.2, 0.25) is 0 Å². The molecule has 0 unspecified atom stereocenters. The predicted octanol–water partition coefficient (Wildman–Crippen LogP) is 4.48. The minimum absolute atomic E-state index is 0.268. The fourth-order valence-electron chi connectivity index (χ4n) is 2.09. The Kier molecular flexibility index (Phi) is 4.21. The summed E-state index contributed by atoms with van der Waals surface area (Å²) in [5.41, 5.74) is 1.64. The molecule has 3 nitrogen and oxygen atoms in total. The van der Waals surface area contributed by atoms with E-state index in [1.807, 2.05) is 42.5 Å². The smallest absolute Gasteiger partial charge is 0.268 e. The van der Waals surface area contributed by atoms with Gasteiger partial charge in [0.15, 0.2) is 0 Å². The molecule has 4 heteroatoms. The maximum atomic E-state index is 12.3. The summed E-state index contributed by atoms with van der Waals surface area (Å²) in [4.78, 5) is 26.0. The molecule has 0 aliphatic carbocycles. The lowest BCUT2D eigenvalue weighted by Crippen LogP contribution is -2.27. The number of hydrogen-bond acceptors (Lipinski definition) is 3. The first-order valence-electron chi connectivity index (χ1n) is 6.80. The van der Waals surface area contributed by atoms with E-state index in [1.54, 1.807) is 36.4 Å². The van der Waals surface area contributed by atoms with Crippen LogP contribution in [0.1, 0.15) is 5.56 Å². The Balaban J connectivity index is 1.79. The third-order valence-corrected chi connectivity index (χ3v) is 4.03. The summed E-state index contributed by atoms with van der Waals surface area (Å²) >= 11 is 0.959. The highest BCUT2D eigenvalue weighted by Crippen LogP contribution is 2.34. The second-order valence-electron chi connectivity index (χ2n) is 4.64. The van der Waals surface area contributed by atoms with Crippen LogP contribution in [0.5, 0.6) is 0 Å². The number of para-hydroxylation sites is 1. The average molecular weight is 307 g/mol. The molecule has 0 aromatic heterocycles. The molecular formula is C18H13NO2S. The molecule has 1 aliphatic rings. The number of allylic oxidation sites excluding steroid dienone is 2. The molecule has 108 valence electrons. The SMILES string of the molecule is O=C1SC(=CC=Cc2ccccc2)C(=O)N1c1ccccc1. The van der Waals surface area contributed by atoms with Gasteiger partial charge in [-0.3, -0.25) is 9.59 Å². The zero-order valence-corrected chi connectivity index (χ0v) is 12.5. The van der Waals surface area contributed by atoms with E-state index in [0.29, 0.717) is 10.6 Å². The van der Waals surface area contributed by atoms with E-state index >= 15 is 0 Å². The monoisotopic (exact) mass is 307 g/mol. The molecule has 0 saturated carbocycles. The third-order valence-electron chi connectivity index (χ3n) is 3.14. The Hall–Kier alpha value is -2.59. The summed E-state index contributed by atoms with van der Waals surface area (Å²) in [6.45, 7) is 0. The standard InChI is InChI=1S/C18H13NO2S/c20-17-16(13-7-10-14-8-3-1-4-9-14)22-18(21)19(17)15-11-5-2-6-12-15/h1-13H. The molecule has 22 heavy (non-hydrogen) atoms. The number of carbonyl (C=O) groups is 2. The van der Waals surface area contributed by atoms with Crippen LogP contribution in [0.15, 0.2) is 77.7 Å². The van der Waals surface area contributed by atoms with Crippen LogP contribution in [0, 0.1) is 0 Å². The van der Waals surface area contributed by atoms with E-state index in [1.165, 1.54) is 4.90 Å². The van der Waals surface area contributed by atoms with E-state index in [0.717, 1.165) is 17.3 Å². The molecule has 1 aliphatic heterocycles. The molecule has 0 N–H and O–H groups in total. The Morgan fingerprint density at radius 1 is 0.864 bits per heavy atom. The topological polar surface area (TPSA) is 37.4 Å². The van der Waals surface area contributed by atoms with Gasteiger partial charge in [0.05, 0.1) is 10.6 Å². The number of carbonyl (C=O) groups excluding carboxylic acids is 2. The lowest BCUT2D eigenvalue weighted by atomic mass is 10.2. The van der Waals surface area contributed by atoms with Gasteiger partial charge in [0.1, 0.15) is 0 Å². The number of hydrogen-bond donors (Lipinski definition) is 0. The van der Waals surface area contributed by atoms with E-state index < -0.39 is 0 Å². The van der Waals surface area contributed by atoms with Crippen molar-refractivity contribution in [2.24, 2.45) is 0 Å².